The van der Waals surface area contributed by atoms with Crippen LogP contribution >= 0.6 is 0 Å². The van der Waals surface area contributed by atoms with E-state index in [1.165, 1.54) is 22.3 Å². The molecule has 6 heteroatoms. The first-order chi connectivity index (χ1) is 60.2. The SMILES string of the molecule is Cc1ccc(N(c2ccccc2-c2ccccc2)c2cc3c4cc(N(c5ccc(C)cc5)c5ccc(-c6cccc7c(N(c8ccc(C)cc8)c8cccc(-c9ccccc9)c8)cc8c9cc(N(c%10ccc(C)cc%10)c%10cccc(-c%11ccccc%11)c%10)c%10ccccc%10c9oc8c67)cc5-c5ccccc5)c5ccccc5c4oc3c3ccccc23)cc1. The fourth-order valence-electron chi connectivity index (χ4n) is 18.5. The number of fused-ring (bicyclic) bond motifs is 14. The van der Waals surface area contributed by atoms with Crippen LogP contribution in [0.3, 0.4) is 0 Å². The molecule has 122 heavy (non-hydrogen) atoms. The summed E-state index contributed by atoms with van der Waals surface area (Å²) in [5.74, 6) is 0. The Bertz CT molecular complexity index is 7770. The summed E-state index contributed by atoms with van der Waals surface area (Å²) >= 11 is 0. The molecule has 2 heterocycles. The van der Waals surface area contributed by atoms with Crippen LogP contribution in [0.5, 0.6) is 0 Å². The third-order valence-corrected chi connectivity index (χ3v) is 24.4. The maximum atomic E-state index is 7.88. The Hall–Kier alpha value is -15.8. The van der Waals surface area contributed by atoms with Crippen molar-refractivity contribution in [2.45, 2.75) is 27.7 Å². The quantitative estimate of drug-likeness (QED) is 0.0905. The van der Waals surface area contributed by atoms with Crippen LogP contribution < -0.4 is 19.6 Å². The maximum Gasteiger partial charge on any atom is 0.144 e. The van der Waals surface area contributed by atoms with Crippen molar-refractivity contribution < 1.29 is 8.83 Å². The molecule has 0 N–H and O–H groups in total. The number of furan rings is 2. The van der Waals surface area contributed by atoms with Crippen molar-refractivity contribution in [2.75, 3.05) is 19.6 Å². The summed E-state index contributed by atoms with van der Waals surface area (Å²) in [5.41, 5.74) is 31.3. The van der Waals surface area contributed by atoms with Gasteiger partial charge in [0.05, 0.1) is 34.1 Å². The van der Waals surface area contributed by atoms with E-state index >= 15 is 0 Å². The molecule has 0 aliphatic heterocycles. The number of benzene rings is 20. The molecule has 20 aromatic carbocycles. The van der Waals surface area contributed by atoms with Crippen molar-refractivity contribution in [1.82, 2.24) is 0 Å². The van der Waals surface area contributed by atoms with Gasteiger partial charge in [-0.2, -0.15) is 0 Å². The van der Waals surface area contributed by atoms with E-state index in [4.69, 9.17) is 8.83 Å². The van der Waals surface area contributed by atoms with Crippen molar-refractivity contribution in [3.8, 4) is 55.6 Å². The number of aryl methyl sites for hydroxylation is 4. The Morgan fingerprint density at radius 1 is 0.156 bits per heavy atom. The number of anilines is 12. The van der Waals surface area contributed by atoms with Crippen molar-refractivity contribution in [3.63, 3.8) is 0 Å². The first-order valence-corrected chi connectivity index (χ1v) is 41.9. The van der Waals surface area contributed by atoms with Gasteiger partial charge in [-0.15, -0.1) is 0 Å². The fourth-order valence-corrected chi connectivity index (χ4v) is 18.5. The Kier molecular flexibility index (Phi) is 18.1. The van der Waals surface area contributed by atoms with Crippen LogP contribution in [0.25, 0.3) is 143 Å². The Balaban J connectivity index is 0.802. The average Bonchev–Trinajstić information content (AvgIpc) is 1.53. The topological polar surface area (TPSA) is 39.2 Å². The second-order valence-electron chi connectivity index (χ2n) is 32.2. The molecule has 0 spiro atoms. The Morgan fingerprint density at radius 2 is 0.459 bits per heavy atom. The van der Waals surface area contributed by atoms with E-state index in [0.717, 1.165) is 211 Å². The van der Waals surface area contributed by atoms with Gasteiger partial charge in [-0.1, -0.05) is 332 Å². The van der Waals surface area contributed by atoms with Gasteiger partial charge in [0.25, 0.3) is 0 Å². The zero-order valence-electron chi connectivity index (χ0n) is 68.0. The lowest BCUT2D eigenvalue weighted by atomic mass is 9.91. The maximum absolute atomic E-state index is 7.88. The van der Waals surface area contributed by atoms with E-state index in [1.54, 1.807) is 0 Å². The number of hydrogen-bond donors (Lipinski definition) is 0. The third-order valence-electron chi connectivity index (χ3n) is 24.4. The Labute approximate surface area is 709 Å². The van der Waals surface area contributed by atoms with E-state index in [1.807, 2.05) is 0 Å². The summed E-state index contributed by atoms with van der Waals surface area (Å²) in [6.45, 7) is 8.64. The van der Waals surface area contributed by atoms with Gasteiger partial charge in [0, 0.05) is 110 Å². The van der Waals surface area contributed by atoms with Crippen molar-refractivity contribution in [1.29, 1.82) is 0 Å². The van der Waals surface area contributed by atoms with Gasteiger partial charge in [-0.05, 0) is 187 Å². The highest BCUT2D eigenvalue weighted by Crippen LogP contribution is 2.56. The smallest absolute Gasteiger partial charge is 0.144 e. The summed E-state index contributed by atoms with van der Waals surface area (Å²) in [7, 11) is 0. The Morgan fingerprint density at radius 3 is 0.893 bits per heavy atom. The van der Waals surface area contributed by atoms with Crippen LogP contribution in [0, 0.1) is 27.7 Å². The molecular formula is C116H82N4O2. The summed E-state index contributed by atoms with van der Waals surface area (Å²) < 4.78 is 15.4. The molecule has 0 amide bonds. The van der Waals surface area contributed by atoms with Crippen LogP contribution in [0.4, 0.5) is 68.2 Å². The monoisotopic (exact) mass is 1560 g/mol. The highest BCUT2D eigenvalue weighted by Gasteiger charge is 2.31. The van der Waals surface area contributed by atoms with E-state index in [2.05, 4.69) is 472 Å². The van der Waals surface area contributed by atoms with Crippen molar-refractivity contribution in [2.24, 2.45) is 0 Å². The van der Waals surface area contributed by atoms with Crippen molar-refractivity contribution >= 4 is 155 Å². The molecular weight excluding hydrogens is 1480 g/mol. The van der Waals surface area contributed by atoms with Gasteiger partial charge in [0.2, 0.25) is 0 Å². The molecule has 0 atom stereocenters. The van der Waals surface area contributed by atoms with Crippen LogP contribution in [-0.4, -0.2) is 0 Å². The van der Waals surface area contributed by atoms with Crippen LogP contribution in [0.1, 0.15) is 22.3 Å². The molecule has 0 bridgehead atoms. The standard InChI is InChI=1S/C116H82N4O2/c1-75-50-59-86(60-51-75)117(90-38-25-36-83(68-90)79-28-9-5-10-29-79)108-71-104-105-74-111(118(87-61-52-76(2)53-62-87)91-39-26-37-84(69-91)80-30-11-6-12-31-80)100-48-27-47-93(112(100)116(105)122-115(104)97-44-20-17-41-94(97)108)85-58-67-107(101(70-85)82-34-15-8-16-35-82)120(89-65-56-78(4)57-66-89)110-73-103-102-72-109(95-42-18-21-45-98(95)113(102)121-114(103)99-46-22-19-43-96(99)110)119(88-63-54-77(3)55-64-88)106-49-24-23-40-92(106)81-32-13-7-14-33-81/h5-74H,1-4H3. The third kappa shape index (κ3) is 12.7. The van der Waals surface area contributed by atoms with E-state index in [-0.39, 0.29) is 0 Å². The second kappa shape index (κ2) is 30.3. The van der Waals surface area contributed by atoms with E-state index < -0.39 is 0 Å². The highest BCUT2D eigenvalue weighted by molar-refractivity contribution is 6.29. The normalized spacial score (nSPS) is 11.6. The minimum Gasteiger partial charge on any atom is -0.455 e. The molecule has 0 aliphatic carbocycles. The molecule has 0 radical (unpaired) electrons. The summed E-state index contributed by atoms with van der Waals surface area (Å²) in [6, 6.07) is 156. The molecule has 0 unspecified atom stereocenters. The minimum atomic E-state index is 0.795. The lowest BCUT2D eigenvalue weighted by Crippen LogP contribution is -2.12. The first kappa shape index (κ1) is 72.7. The predicted molar refractivity (Wildman–Crippen MR) is 516 cm³/mol. The molecule has 0 aliphatic rings. The van der Waals surface area contributed by atoms with Crippen LogP contribution in [-0.2, 0) is 0 Å². The number of nitrogens with zero attached hydrogens (tertiary/aromatic N) is 4. The van der Waals surface area contributed by atoms with Crippen molar-refractivity contribution in [3.05, 3.63) is 447 Å². The molecule has 0 fully saturated rings. The van der Waals surface area contributed by atoms with Crippen LogP contribution in [0.2, 0.25) is 0 Å². The van der Waals surface area contributed by atoms with E-state index in [9.17, 15) is 0 Å². The summed E-state index contributed by atoms with van der Waals surface area (Å²) in [5, 5.41) is 12.2. The predicted octanol–water partition coefficient (Wildman–Crippen LogP) is 33.5. The largest absolute Gasteiger partial charge is 0.455 e. The molecule has 22 aromatic rings. The number of para-hydroxylation sites is 1. The molecule has 6 nitrogen and oxygen atoms in total. The van der Waals surface area contributed by atoms with Gasteiger partial charge < -0.3 is 28.4 Å². The highest BCUT2D eigenvalue weighted by atomic mass is 16.3. The molecule has 2 aromatic heterocycles. The zero-order chi connectivity index (χ0) is 81.5. The minimum absolute atomic E-state index is 0.795. The summed E-state index contributed by atoms with van der Waals surface area (Å²) in [4.78, 5) is 9.84. The van der Waals surface area contributed by atoms with E-state index in [0.29, 0.717) is 0 Å². The fraction of sp³-hybridized carbons (Fsp3) is 0.0345. The number of hydrogen-bond acceptors (Lipinski definition) is 6. The lowest BCUT2D eigenvalue weighted by molar-refractivity contribution is 0.676. The van der Waals surface area contributed by atoms with Gasteiger partial charge in [-0.25, -0.2) is 0 Å². The average molecular weight is 1560 g/mol. The molecule has 22 rings (SSSR count). The number of rotatable bonds is 17. The van der Waals surface area contributed by atoms with Crippen LogP contribution in [0.15, 0.2) is 433 Å². The summed E-state index contributed by atoms with van der Waals surface area (Å²) in [6.07, 6.45) is 0. The van der Waals surface area contributed by atoms with Gasteiger partial charge in [0.15, 0.2) is 0 Å². The zero-order valence-corrected chi connectivity index (χ0v) is 68.0. The molecule has 0 saturated carbocycles. The van der Waals surface area contributed by atoms with Gasteiger partial charge in [0.1, 0.15) is 22.3 Å². The molecule has 0 saturated heterocycles. The second-order valence-corrected chi connectivity index (χ2v) is 32.2. The van der Waals surface area contributed by atoms with Gasteiger partial charge in [-0.3, -0.25) is 0 Å². The van der Waals surface area contributed by atoms with Gasteiger partial charge >= 0.3 is 0 Å². The first-order valence-electron chi connectivity index (χ1n) is 41.9. The molecule has 578 valence electrons. The lowest BCUT2D eigenvalue weighted by Gasteiger charge is -2.30.